The lowest BCUT2D eigenvalue weighted by molar-refractivity contribution is 0.188. The van der Waals surface area contributed by atoms with Gasteiger partial charge in [0.05, 0.1) is 27.5 Å². The maximum absolute atomic E-state index is 5.82. The summed E-state index contributed by atoms with van der Waals surface area (Å²) in [6.45, 7) is 1.44. The summed E-state index contributed by atoms with van der Waals surface area (Å²) in [4.78, 5) is 5.80. The quantitative estimate of drug-likeness (QED) is 0.795. The van der Waals surface area contributed by atoms with Gasteiger partial charge in [0.25, 0.3) is 0 Å². The highest BCUT2D eigenvalue weighted by molar-refractivity contribution is 7.19. The van der Waals surface area contributed by atoms with Crippen LogP contribution < -0.4 is 5.73 Å². The lowest BCUT2D eigenvalue weighted by Gasteiger charge is -2.07. The highest BCUT2D eigenvalue weighted by Gasteiger charge is 2.13. The minimum Gasteiger partial charge on any atom is -0.391 e. The van der Waals surface area contributed by atoms with Crippen molar-refractivity contribution in [3.63, 3.8) is 0 Å². The average Bonchev–Trinajstić information content (AvgIpc) is 3.00. The Balaban J connectivity index is 2.16. The van der Waals surface area contributed by atoms with Crippen LogP contribution in [-0.2, 0) is 11.3 Å². The van der Waals surface area contributed by atoms with E-state index in [1.807, 2.05) is 30.3 Å². The second-order valence-electron chi connectivity index (χ2n) is 4.27. The van der Waals surface area contributed by atoms with E-state index in [-0.39, 0.29) is 0 Å². The number of anilines is 1. The summed E-state index contributed by atoms with van der Waals surface area (Å²) in [6.07, 6.45) is 0. The SMILES string of the molecule is COCCn1c(-c2ccc(N)s2)nc2ccccc21. The minimum atomic E-state index is 0.661. The van der Waals surface area contributed by atoms with Crippen molar-refractivity contribution in [1.82, 2.24) is 9.55 Å². The van der Waals surface area contributed by atoms with Gasteiger partial charge in [-0.2, -0.15) is 0 Å². The number of hydrogen-bond donors (Lipinski definition) is 1. The summed E-state index contributed by atoms with van der Waals surface area (Å²) in [5.74, 6) is 0.958. The Kier molecular flexibility index (Phi) is 3.23. The summed E-state index contributed by atoms with van der Waals surface area (Å²) < 4.78 is 7.37. The molecule has 3 aromatic rings. The molecule has 98 valence electrons. The highest BCUT2D eigenvalue weighted by Crippen LogP contribution is 2.31. The topological polar surface area (TPSA) is 53.1 Å². The molecule has 0 radical (unpaired) electrons. The van der Waals surface area contributed by atoms with Crippen molar-refractivity contribution in [2.75, 3.05) is 19.5 Å². The van der Waals surface area contributed by atoms with E-state index in [9.17, 15) is 0 Å². The summed E-state index contributed by atoms with van der Waals surface area (Å²) in [6, 6.07) is 12.1. The number of hydrogen-bond acceptors (Lipinski definition) is 4. The number of ether oxygens (including phenoxy) is 1. The Hall–Kier alpha value is -1.85. The van der Waals surface area contributed by atoms with Crippen LogP contribution in [0.25, 0.3) is 21.7 Å². The maximum atomic E-state index is 5.82. The molecule has 0 unspecified atom stereocenters. The van der Waals surface area contributed by atoms with Crippen LogP contribution in [0, 0.1) is 0 Å². The third-order valence-electron chi connectivity index (χ3n) is 3.02. The van der Waals surface area contributed by atoms with Gasteiger partial charge < -0.3 is 15.0 Å². The van der Waals surface area contributed by atoms with Gasteiger partial charge in [0.15, 0.2) is 5.82 Å². The monoisotopic (exact) mass is 273 g/mol. The van der Waals surface area contributed by atoms with Crippen molar-refractivity contribution in [2.45, 2.75) is 6.54 Å². The zero-order chi connectivity index (χ0) is 13.2. The Bertz CT molecular complexity index is 702. The molecule has 0 saturated heterocycles. The number of nitrogens with zero attached hydrogens (tertiary/aromatic N) is 2. The predicted molar refractivity (Wildman–Crippen MR) is 79.3 cm³/mol. The highest BCUT2D eigenvalue weighted by atomic mass is 32.1. The van der Waals surface area contributed by atoms with Crippen molar-refractivity contribution in [2.24, 2.45) is 0 Å². The Morgan fingerprint density at radius 1 is 1.26 bits per heavy atom. The summed E-state index contributed by atoms with van der Waals surface area (Å²) in [7, 11) is 1.71. The van der Waals surface area contributed by atoms with Crippen LogP contribution in [0.5, 0.6) is 0 Å². The zero-order valence-electron chi connectivity index (χ0n) is 10.7. The smallest absolute Gasteiger partial charge is 0.151 e. The van der Waals surface area contributed by atoms with Crippen molar-refractivity contribution in [3.8, 4) is 10.7 Å². The Morgan fingerprint density at radius 2 is 2.11 bits per heavy atom. The predicted octanol–water partition coefficient (Wildman–Crippen LogP) is 2.99. The molecule has 0 aliphatic carbocycles. The van der Waals surface area contributed by atoms with E-state index < -0.39 is 0 Å². The molecule has 0 spiro atoms. The van der Waals surface area contributed by atoms with Crippen LogP contribution >= 0.6 is 11.3 Å². The van der Waals surface area contributed by atoms with Crippen LogP contribution in [0.2, 0.25) is 0 Å². The molecular formula is C14H15N3OS. The molecule has 4 nitrogen and oxygen atoms in total. The number of methoxy groups -OCH3 is 1. The van der Waals surface area contributed by atoms with Gasteiger partial charge in [-0.15, -0.1) is 11.3 Å². The number of nitrogen functional groups attached to an aromatic ring is 1. The van der Waals surface area contributed by atoms with Gasteiger partial charge in [-0.3, -0.25) is 0 Å². The molecule has 2 heterocycles. The normalized spacial score (nSPS) is 11.2. The van der Waals surface area contributed by atoms with Gasteiger partial charge >= 0.3 is 0 Å². The standard InChI is InChI=1S/C14H15N3OS/c1-18-9-8-17-11-5-3-2-4-10(11)16-14(17)12-6-7-13(15)19-12/h2-7H,8-9,15H2,1H3. The number of rotatable bonds is 4. The molecule has 3 rings (SSSR count). The summed E-state index contributed by atoms with van der Waals surface area (Å²) in [5.41, 5.74) is 7.94. The Morgan fingerprint density at radius 3 is 2.84 bits per heavy atom. The molecule has 0 bridgehead atoms. The van der Waals surface area contributed by atoms with Crippen LogP contribution in [0.4, 0.5) is 5.00 Å². The van der Waals surface area contributed by atoms with Gasteiger partial charge in [-0.25, -0.2) is 4.98 Å². The fourth-order valence-corrected chi connectivity index (χ4v) is 2.92. The molecule has 5 heteroatoms. The first-order valence-electron chi connectivity index (χ1n) is 6.09. The fraction of sp³-hybridized carbons (Fsp3) is 0.214. The molecule has 0 aliphatic rings. The van der Waals surface area contributed by atoms with Gasteiger partial charge in [-0.05, 0) is 24.3 Å². The second-order valence-corrected chi connectivity index (χ2v) is 5.39. The van der Waals surface area contributed by atoms with E-state index >= 15 is 0 Å². The molecular weight excluding hydrogens is 258 g/mol. The first kappa shape index (κ1) is 12.2. The molecule has 0 amide bonds. The zero-order valence-corrected chi connectivity index (χ0v) is 11.5. The summed E-state index contributed by atoms with van der Waals surface area (Å²) >= 11 is 1.56. The number of para-hydroxylation sites is 2. The lowest BCUT2D eigenvalue weighted by atomic mass is 10.3. The van der Waals surface area contributed by atoms with Crippen molar-refractivity contribution in [1.29, 1.82) is 0 Å². The molecule has 0 saturated carbocycles. The third-order valence-corrected chi connectivity index (χ3v) is 3.93. The number of aromatic nitrogens is 2. The van der Waals surface area contributed by atoms with Gasteiger partial charge in [-0.1, -0.05) is 12.1 Å². The van der Waals surface area contributed by atoms with Crippen LogP contribution in [0.1, 0.15) is 0 Å². The number of fused-ring (bicyclic) bond motifs is 1. The van der Waals surface area contributed by atoms with Gasteiger partial charge in [0.2, 0.25) is 0 Å². The van der Waals surface area contributed by atoms with Crippen molar-refractivity contribution in [3.05, 3.63) is 36.4 Å². The van der Waals surface area contributed by atoms with E-state index in [2.05, 4.69) is 10.6 Å². The molecule has 0 fully saturated rings. The molecule has 2 N–H and O–H groups in total. The average molecular weight is 273 g/mol. The second kappa shape index (κ2) is 5.03. The van der Waals surface area contributed by atoms with Crippen LogP contribution in [0.3, 0.4) is 0 Å². The molecule has 2 aromatic heterocycles. The van der Waals surface area contributed by atoms with Gasteiger partial charge in [0.1, 0.15) is 0 Å². The van der Waals surface area contributed by atoms with Crippen LogP contribution in [-0.4, -0.2) is 23.3 Å². The Labute approximate surface area is 115 Å². The number of imidazole rings is 1. The van der Waals surface area contributed by atoms with Crippen LogP contribution in [0.15, 0.2) is 36.4 Å². The first-order chi connectivity index (χ1) is 9.29. The molecule has 0 aliphatic heterocycles. The number of benzene rings is 1. The fourth-order valence-electron chi connectivity index (χ4n) is 2.15. The molecule has 1 aromatic carbocycles. The number of nitrogens with two attached hydrogens (primary N) is 1. The van der Waals surface area contributed by atoms with E-state index in [0.717, 1.165) is 33.3 Å². The summed E-state index contributed by atoms with van der Waals surface area (Å²) in [5, 5.41) is 0.806. The molecule has 19 heavy (non-hydrogen) atoms. The third kappa shape index (κ3) is 2.22. The van der Waals surface area contributed by atoms with Crippen molar-refractivity contribution >= 4 is 27.4 Å². The van der Waals surface area contributed by atoms with E-state index in [0.29, 0.717) is 6.61 Å². The lowest BCUT2D eigenvalue weighted by Crippen LogP contribution is -2.05. The van der Waals surface area contributed by atoms with E-state index in [1.165, 1.54) is 0 Å². The molecule has 0 atom stereocenters. The van der Waals surface area contributed by atoms with E-state index in [1.54, 1.807) is 18.4 Å². The first-order valence-corrected chi connectivity index (χ1v) is 6.91. The largest absolute Gasteiger partial charge is 0.391 e. The van der Waals surface area contributed by atoms with E-state index in [4.69, 9.17) is 15.5 Å². The van der Waals surface area contributed by atoms with Gasteiger partial charge in [0, 0.05) is 13.7 Å². The number of thiophene rings is 1. The van der Waals surface area contributed by atoms with Crippen molar-refractivity contribution < 1.29 is 4.74 Å². The maximum Gasteiger partial charge on any atom is 0.151 e. The minimum absolute atomic E-state index is 0.661.